The summed E-state index contributed by atoms with van der Waals surface area (Å²) in [4.78, 5) is 21.2. The van der Waals surface area contributed by atoms with Gasteiger partial charge in [0.05, 0.1) is 25.1 Å². The number of hydrogen-bond donors (Lipinski definition) is 1. The number of nitrogens with zero attached hydrogens (tertiary/aromatic N) is 4. The molecule has 2 saturated heterocycles. The molecule has 4 heterocycles. The lowest BCUT2D eigenvalue weighted by molar-refractivity contribution is -0.0726. The number of carbonyl (C=O) groups excluding carboxylic acids is 1. The van der Waals surface area contributed by atoms with E-state index in [1.807, 2.05) is 21.7 Å². The lowest BCUT2D eigenvalue weighted by Crippen LogP contribution is -2.48. The maximum Gasteiger partial charge on any atom is 0.289 e. The van der Waals surface area contributed by atoms with Crippen molar-refractivity contribution >= 4 is 5.91 Å². The average molecular weight is 402 g/mol. The van der Waals surface area contributed by atoms with Crippen molar-refractivity contribution in [3.63, 3.8) is 0 Å². The van der Waals surface area contributed by atoms with Gasteiger partial charge in [-0.3, -0.25) is 9.69 Å². The maximum atomic E-state index is 13.0. The maximum absolute atomic E-state index is 13.0. The Labute approximate surface area is 171 Å². The van der Waals surface area contributed by atoms with Crippen LogP contribution in [0.5, 0.6) is 0 Å². The summed E-state index contributed by atoms with van der Waals surface area (Å²) in [5.74, 6) is 1.31. The molecule has 0 radical (unpaired) electrons. The summed E-state index contributed by atoms with van der Waals surface area (Å²) < 4.78 is 13.5. The van der Waals surface area contributed by atoms with Gasteiger partial charge in [-0.25, -0.2) is 4.98 Å². The normalized spacial score (nSPS) is 28.2. The minimum atomic E-state index is -0.105. The Morgan fingerprint density at radius 3 is 2.62 bits per heavy atom. The zero-order valence-electron chi connectivity index (χ0n) is 17.1. The van der Waals surface area contributed by atoms with Crippen LogP contribution < -0.4 is 0 Å². The van der Waals surface area contributed by atoms with E-state index in [-0.39, 0.29) is 36.6 Å². The molecular weight excluding hydrogens is 372 g/mol. The molecule has 0 bridgehead atoms. The highest BCUT2D eigenvalue weighted by Crippen LogP contribution is 2.27. The minimum absolute atomic E-state index is 0.0905. The number of amides is 1. The number of aliphatic hydroxyl groups is 1. The quantitative estimate of drug-likeness (QED) is 0.785. The third-order valence-corrected chi connectivity index (χ3v) is 5.86. The van der Waals surface area contributed by atoms with E-state index >= 15 is 0 Å². The number of hydrogen-bond acceptors (Lipinski definition) is 6. The molecule has 2 aromatic rings. The van der Waals surface area contributed by atoms with Gasteiger partial charge in [0.2, 0.25) is 0 Å². The number of aromatic nitrogens is 2. The van der Waals surface area contributed by atoms with E-state index in [4.69, 9.17) is 9.15 Å². The van der Waals surface area contributed by atoms with Gasteiger partial charge in [-0.05, 0) is 31.9 Å². The first-order chi connectivity index (χ1) is 14.0. The third-order valence-electron chi connectivity index (χ3n) is 5.86. The smallest absolute Gasteiger partial charge is 0.289 e. The predicted octanol–water partition coefficient (Wildman–Crippen LogP) is 1.31. The molecule has 0 saturated carbocycles. The highest BCUT2D eigenvalue weighted by atomic mass is 16.5. The largest absolute Gasteiger partial charge is 0.454 e. The average Bonchev–Trinajstić information content (AvgIpc) is 3.42. The fourth-order valence-corrected chi connectivity index (χ4v) is 4.58. The Bertz CT molecular complexity index is 795. The van der Waals surface area contributed by atoms with Gasteiger partial charge in [0.1, 0.15) is 5.76 Å². The second-order valence-corrected chi connectivity index (χ2v) is 8.39. The predicted molar refractivity (Wildman–Crippen MR) is 106 cm³/mol. The van der Waals surface area contributed by atoms with Gasteiger partial charge in [-0.15, -0.1) is 0 Å². The number of imidazole rings is 1. The SMILES string of the molecule is C[C@@H]1CN(C[C@@H]2CN(C(=O)c3ccc(Cn4ccnc4)o3)C[C@@H]2CO)C[C@H](C)O1. The fraction of sp³-hybridized carbons (Fsp3) is 0.619. The van der Waals surface area contributed by atoms with Crippen LogP contribution >= 0.6 is 0 Å². The fourth-order valence-electron chi connectivity index (χ4n) is 4.58. The van der Waals surface area contributed by atoms with Gasteiger partial charge in [0.25, 0.3) is 5.91 Å². The Morgan fingerprint density at radius 1 is 1.17 bits per heavy atom. The molecule has 2 aliphatic heterocycles. The molecular formula is C21H30N4O4. The number of likely N-dealkylation sites (tertiary alicyclic amines) is 1. The summed E-state index contributed by atoms with van der Waals surface area (Å²) in [5, 5.41) is 9.87. The number of furan rings is 1. The van der Waals surface area contributed by atoms with Crippen LogP contribution in [0, 0.1) is 11.8 Å². The first kappa shape index (κ1) is 20.1. The van der Waals surface area contributed by atoms with Crippen LogP contribution in [0.15, 0.2) is 35.3 Å². The third kappa shape index (κ3) is 4.71. The van der Waals surface area contributed by atoms with Gasteiger partial charge in [-0.2, -0.15) is 0 Å². The van der Waals surface area contributed by atoms with Gasteiger partial charge >= 0.3 is 0 Å². The standard InChI is InChI=1S/C21H30N4O4/c1-15-7-24(8-16(2)28-15)9-17-10-25(11-18(17)13-26)21(27)20-4-3-19(29-20)12-23-6-5-22-14-23/h3-6,14-18,26H,7-13H2,1-2H3/t15-,16+,17-,18-/m1/s1. The summed E-state index contributed by atoms with van der Waals surface area (Å²) >= 11 is 0. The highest BCUT2D eigenvalue weighted by molar-refractivity contribution is 5.91. The van der Waals surface area contributed by atoms with Crippen LogP contribution in [0.1, 0.15) is 30.2 Å². The van der Waals surface area contributed by atoms with E-state index in [9.17, 15) is 9.90 Å². The molecule has 0 spiro atoms. The summed E-state index contributed by atoms with van der Waals surface area (Å²) in [5.41, 5.74) is 0. The molecule has 4 rings (SSSR count). The van der Waals surface area contributed by atoms with Gasteiger partial charge in [0, 0.05) is 57.6 Å². The molecule has 2 aromatic heterocycles. The Kier molecular flexibility index (Phi) is 6.03. The zero-order valence-corrected chi connectivity index (χ0v) is 17.1. The first-order valence-corrected chi connectivity index (χ1v) is 10.3. The van der Waals surface area contributed by atoms with E-state index in [2.05, 4.69) is 23.7 Å². The highest BCUT2D eigenvalue weighted by Gasteiger charge is 2.37. The van der Waals surface area contributed by atoms with Gasteiger partial charge < -0.3 is 23.7 Å². The number of ether oxygens (including phenoxy) is 1. The van der Waals surface area contributed by atoms with Crippen molar-refractivity contribution in [1.29, 1.82) is 0 Å². The lowest BCUT2D eigenvalue weighted by Gasteiger charge is -2.37. The van der Waals surface area contributed by atoms with Gasteiger partial charge in [0.15, 0.2) is 5.76 Å². The first-order valence-electron chi connectivity index (χ1n) is 10.3. The Balaban J connectivity index is 1.37. The van der Waals surface area contributed by atoms with Crippen molar-refractivity contribution in [3.8, 4) is 0 Å². The second-order valence-electron chi connectivity index (χ2n) is 8.39. The minimum Gasteiger partial charge on any atom is -0.454 e. The topological polar surface area (TPSA) is 84.0 Å². The molecule has 29 heavy (non-hydrogen) atoms. The van der Waals surface area contributed by atoms with Crippen molar-refractivity contribution in [2.24, 2.45) is 11.8 Å². The van der Waals surface area contributed by atoms with Crippen LogP contribution in [-0.2, 0) is 11.3 Å². The molecule has 2 aliphatic rings. The van der Waals surface area contributed by atoms with Gasteiger partial charge in [-0.1, -0.05) is 0 Å². The molecule has 8 nitrogen and oxygen atoms in total. The zero-order chi connectivity index (χ0) is 20.4. The van der Waals surface area contributed by atoms with E-state index in [0.29, 0.717) is 25.4 Å². The van der Waals surface area contributed by atoms with Crippen molar-refractivity contribution in [1.82, 2.24) is 19.4 Å². The molecule has 2 fully saturated rings. The van der Waals surface area contributed by atoms with Crippen LogP contribution in [0.2, 0.25) is 0 Å². The molecule has 158 valence electrons. The summed E-state index contributed by atoms with van der Waals surface area (Å²) in [6.07, 6.45) is 5.71. The number of carbonyl (C=O) groups is 1. The summed E-state index contributed by atoms with van der Waals surface area (Å²) in [7, 11) is 0. The monoisotopic (exact) mass is 402 g/mol. The van der Waals surface area contributed by atoms with E-state index in [1.165, 1.54) is 0 Å². The molecule has 4 atom stereocenters. The van der Waals surface area contributed by atoms with Crippen LogP contribution in [0.25, 0.3) is 0 Å². The van der Waals surface area contributed by atoms with E-state index in [1.54, 1.807) is 18.6 Å². The molecule has 1 amide bonds. The van der Waals surface area contributed by atoms with Crippen molar-refractivity contribution in [2.75, 3.05) is 39.3 Å². The molecule has 0 unspecified atom stereocenters. The lowest BCUT2D eigenvalue weighted by atomic mass is 9.96. The van der Waals surface area contributed by atoms with Crippen LogP contribution in [0.4, 0.5) is 0 Å². The van der Waals surface area contributed by atoms with Crippen molar-refractivity contribution < 1.29 is 19.1 Å². The van der Waals surface area contributed by atoms with E-state index < -0.39 is 0 Å². The van der Waals surface area contributed by atoms with Crippen molar-refractivity contribution in [3.05, 3.63) is 42.4 Å². The number of rotatable bonds is 6. The molecule has 1 N–H and O–H groups in total. The summed E-state index contributed by atoms with van der Waals surface area (Å²) in [6, 6.07) is 3.57. The summed E-state index contributed by atoms with van der Waals surface area (Å²) in [6.45, 7) is 8.68. The Morgan fingerprint density at radius 2 is 1.93 bits per heavy atom. The molecule has 8 heteroatoms. The number of morpholine rings is 1. The molecule has 0 aromatic carbocycles. The van der Waals surface area contributed by atoms with Crippen LogP contribution in [-0.4, -0.2) is 81.9 Å². The van der Waals surface area contributed by atoms with Crippen molar-refractivity contribution in [2.45, 2.75) is 32.6 Å². The second kappa shape index (κ2) is 8.69. The van der Waals surface area contributed by atoms with Crippen LogP contribution in [0.3, 0.4) is 0 Å². The Hall–Kier alpha value is -2.16. The number of aliphatic hydroxyl groups excluding tert-OH is 1. The molecule has 0 aliphatic carbocycles. The van der Waals surface area contributed by atoms with E-state index in [0.717, 1.165) is 25.4 Å².